The lowest BCUT2D eigenvalue weighted by Crippen LogP contribution is -2.13. The third-order valence-electron chi connectivity index (χ3n) is 3.48. The molecule has 27 heavy (non-hydrogen) atoms. The number of carbonyl (C=O) groups is 1. The van der Waals surface area contributed by atoms with E-state index < -0.39 is 10.8 Å². The number of anilines is 4. The van der Waals surface area contributed by atoms with E-state index in [0.717, 1.165) is 17.6 Å². The van der Waals surface area contributed by atoms with Gasteiger partial charge in [-0.1, -0.05) is 0 Å². The van der Waals surface area contributed by atoms with E-state index in [1.807, 2.05) is 6.92 Å². The molecule has 0 unspecified atom stereocenters. The van der Waals surface area contributed by atoms with Gasteiger partial charge in [-0.05, 0) is 37.3 Å². The first-order valence-electron chi connectivity index (χ1n) is 7.81. The maximum atomic E-state index is 12.2. The van der Waals surface area contributed by atoms with Crippen molar-refractivity contribution in [3.05, 3.63) is 70.2 Å². The summed E-state index contributed by atoms with van der Waals surface area (Å²) in [5, 5.41) is 16.4. The Morgan fingerprint density at radius 2 is 1.81 bits per heavy atom. The number of nitrogens with zero attached hydrogens (tertiary/aromatic N) is 4. The Morgan fingerprint density at radius 3 is 2.41 bits per heavy atom. The molecule has 1 amide bonds. The molecule has 3 rings (SSSR count). The summed E-state index contributed by atoms with van der Waals surface area (Å²) in [7, 11) is 0. The summed E-state index contributed by atoms with van der Waals surface area (Å²) in [6.45, 7) is 1.81. The van der Waals surface area contributed by atoms with Crippen molar-refractivity contribution in [1.82, 2.24) is 15.0 Å². The highest BCUT2D eigenvalue weighted by Gasteiger charge is 2.11. The summed E-state index contributed by atoms with van der Waals surface area (Å²) >= 11 is 0. The first-order chi connectivity index (χ1) is 12.9. The molecule has 0 bridgehead atoms. The Labute approximate surface area is 153 Å². The number of rotatable bonds is 5. The molecule has 2 aromatic heterocycles. The van der Waals surface area contributed by atoms with Crippen LogP contribution in [-0.4, -0.2) is 25.8 Å². The summed E-state index contributed by atoms with van der Waals surface area (Å²) in [5.41, 5.74) is 7.56. The predicted octanol–water partition coefficient (Wildman–Crippen LogP) is 2.67. The van der Waals surface area contributed by atoms with Crippen LogP contribution in [0.15, 0.2) is 48.7 Å². The second-order valence-corrected chi connectivity index (χ2v) is 5.57. The molecule has 0 aliphatic carbocycles. The fraction of sp³-hybridized carbons (Fsp3) is 0.0588. The van der Waals surface area contributed by atoms with Crippen molar-refractivity contribution >= 4 is 34.7 Å². The van der Waals surface area contributed by atoms with Crippen LogP contribution in [-0.2, 0) is 0 Å². The summed E-state index contributed by atoms with van der Waals surface area (Å²) in [6.07, 6.45) is 1.04. The number of benzene rings is 1. The number of aryl methyl sites for hydroxylation is 1. The van der Waals surface area contributed by atoms with E-state index in [4.69, 9.17) is 5.73 Å². The summed E-state index contributed by atoms with van der Waals surface area (Å²) in [4.78, 5) is 34.1. The standard InChI is InChI=1S/C17H15N7O3/c1-10-8-15(23-17(18)20-10)21-11-2-4-12(5-3-11)22-16(25)14-7-6-13(9-19-14)24(26)27/h2-9H,1H3,(H,22,25)(H3,18,20,21,23). The van der Waals surface area contributed by atoms with E-state index in [9.17, 15) is 14.9 Å². The molecule has 0 aliphatic heterocycles. The van der Waals surface area contributed by atoms with Crippen LogP contribution in [0.1, 0.15) is 16.2 Å². The van der Waals surface area contributed by atoms with Crippen molar-refractivity contribution in [2.75, 3.05) is 16.4 Å². The van der Waals surface area contributed by atoms with Gasteiger partial charge in [-0.15, -0.1) is 0 Å². The lowest BCUT2D eigenvalue weighted by molar-refractivity contribution is -0.385. The van der Waals surface area contributed by atoms with Crippen LogP contribution in [0.5, 0.6) is 0 Å². The minimum atomic E-state index is -0.576. The van der Waals surface area contributed by atoms with E-state index in [-0.39, 0.29) is 17.3 Å². The second kappa shape index (κ2) is 7.44. The zero-order valence-electron chi connectivity index (χ0n) is 14.2. The molecule has 3 aromatic rings. The Balaban J connectivity index is 1.66. The fourth-order valence-electron chi connectivity index (χ4n) is 2.26. The van der Waals surface area contributed by atoms with Gasteiger partial charge in [0.15, 0.2) is 0 Å². The van der Waals surface area contributed by atoms with Crippen LogP contribution in [0, 0.1) is 17.0 Å². The van der Waals surface area contributed by atoms with E-state index in [1.165, 1.54) is 12.1 Å². The summed E-state index contributed by atoms with van der Waals surface area (Å²) in [5.74, 6) is 0.272. The van der Waals surface area contributed by atoms with Gasteiger partial charge >= 0.3 is 0 Å². The maximum Gasteiger partial charge on any atom is 0.287 e. The third-order valence-corrected chi connectivity index (χ3v) is 3.48. The number of pyridine rings is 1. The molecule has 0 saturated heterocycles. The monoisotopic (exact) mass is 365 g/mol. The number of nitro groups is 1. The number of nitrogen functional groups attached to an aromatic ring is 1. The van der Waals surface area contributed by atoms with E-state index in [2.05, 4.69) is 25.6 Å². The Hall–Kier alpha value is -4.08. The molecule has 2 heterocycles. The molecule has 0 atom stereocenters. The van der Waals surface area contributed by atoms with Gasteiger partial charge < -0.3 is 16.4 Å². The third kappa shape index (κ3) is 4.51. The van der Waals surface area contributed by atoms with Gasteiger partial charge in [-0.2, -0.15) is 4.98 Å². The van der Waals surface area contributed by atoms with E-state index >= 15 is 0 Å². The highest BCUT2D eigenvalue weighted by molar-refractivity contribution is 6.03. The van der Waals surface area contributed by atoms with Gasteiger partial charge in [0.1, 0.15) is 17.7 Å². The molecule has 1 aromatic carbocycles. The molecule has 10 nitrogen and oxygen atoms in total. The van der Waals surface area contributed by atoms with Crippen molar-refractivity contribution in [2.45, 2.75) is 6.92 Å². The van der Waals surface area contributed by atoms with Gasteiger partial charge in [0, 0.05) is 29.2 Å². The summed E-state index contributed by atoms with van der Waals surface area (Å²) < 4.78 is 0. The number of carbonyl (C=O) groups excluding carboxylic acids is 1. The molecule has 10 heteroatoms. The molecule has 0 aliphatic rings. The topological polar surface area (TPSA) is 149 Å². The van der Waals surface area contributed by atoms with Crippen LogP contribution < -0.4 is 16.4 Å². The quantitative estimate of drug-likeness (QED) is 0.461. The largest absolute Gasteiger partial charge is 0.368 e. The van der Waals surface area contributed by atoms with Crippen LogP contribution >= 0.6 is 0 Å². The normalized spacial score (nSPS) is 10.3. The predicted molar refractivity (Wildman–Crippen MR) is 99.8 cm³/mol. The minimum absolute atomic E-state index is 0.0785. The number of amides is 1. The molecule has 0 saturated carbocycles. The van der Waals surface area contributed by atoms with Crippen molar-refractivity contribution in [3.63, 3.8) is 0 Å². The first-order valence-corrected chi connectivity index (χ1v) is 7.81. The van der Waals surface area contributed by atoms with Crippen LogP contribution in [0.3, 0.4) is 0 Å². The lowest BCUT2D eigenvalue weighted by Gasteiger charge is -2.09. The number of nitrogens with one attached hydrogen (secondary N) is 2. The van der Waals surface area contributed by atoms with Crippen LogP contribution in [0.4, 0.5) is 28.8 Å². The zero-order valence-corrected chi connectivity index (χ0v) is 14.2. The molecular formula is C17H15N7O3. The molecule has 0 spiro atoms. The lowest BCUT2D eigenvalue weighted by atomic mass is 10.2. The van der Waals surface area contributed by atoms with Gasteiger partial charge in [-0.25, -0.2) is 9.97 Å². The molecule has 136 valence electrons. The minimum Gasteiger partial charge on any atom is -0.368 e. The average molecular weight is 365 g/mol. The van der Waals surface area contributed by atoms with Gasteiger partial charge in [-0.3, -0.25) is 14.9 Å². The maximum absolute atomic E-state index is 12.2. The average Bonchev–Trinajstić information content (AvgIpc) is 2.62. The van der Waals surface area contributed by atoms with Crippen LogP contribution in [0.25, 0.3) is 0 Å². The number of hydrogen-bond donors (Lipinski definition) is 3. The SMILES string of the molecule is Cc1cc(Nc2ccc(NC(=O)c3ccc([N+](=O)[O-])cn3)cc2)nc(N)n1. The van der Waals surface area contributed by atoms with E-state index in [0.29, 0.717) is 11.5 Å². The smallest absolute Gasteiger partial charge is 0.287 e. The summed E-state index contributed by atoms with van der Waals surface area (Å²) in [6, 6.07) is 11.2. The Kier molecular flexibility index (Phi) is 4.88. The van der Waals surface area contributed by atoms with Crippen molar-refractivity contribution in [3.8, 4) is 0 Å². The highest BCUT2D eigenvalue weighted by Crippen LogP contribution is 2.19. The highest BCUT2D eigenvalue weighted by atomic mass is 16.6. The van der Waals surface area contributed by atoms with Gasteiger partial charge in [0.25, 0.3) is 11.6 Å². The van der Waals surface area contributed by atoms with Crippen LogP contribution in [0.2, 0.25) is 0 Å². The van der Waals surface area contributed by atoms with Gasteiger partial charge in [0.05, 0.1) is 4.92 Å². The molecule has 0 radical (unpaired) electrons. The van der Waals surface area contributed by atoms with Crippen molar-refractivity contribution in [1.29, 1.82) is 0 Å². The van der Waals surface area contributed by atoms with Gasteiger partial charge in [0.2, 0.25) is 5.95 Å². The fourth-order valence-corrected chi connectivity index (χ4v) is 2.26. The van der Waals surface area contributed by atoms with E-state index in [1.54, 1.807) is 30.3 Å². The number of nitrogens with two attached hydrogens (primary N) is 1. The molecular weight excluding hydrogens is 350 g/mol. The first kappa shape index (κ1) is 17.7. The Bertz CT molecular complexity index is 968. The Morgan fingerprint density at radius 1 is 1.11 bits per heavy atom. The zero-order chi connectivity index (χ0) is 19.4. The number of hydrogen-bond acceptors (Lipinski definition) is 8. The second-order valence-electron chi connectivity index (χ2n) is 5.57. The van der Waals surface area contributed by atoms with Crippen molar-refractivity contribution < 1.29 is 9.72 Å². The van der Waals surface area contributed by atoms with Crippen molar-refractivity contribution in [2.24, 2.45) is 0 Å². The molecule has 4 N–H and O–H groups in total. The number of aromatic nitrogens is 3. The molecule has 0 fully saturated rings.